The number of hydrogen-bond acceptors (Lipinski definition) is 2. The Morgan fingerprint density at radius 1 is 1.20 bits per heavy atom. The van der Waals surface area contributed by atoms with Gasteiger partial charge in [-0.2, -0.15) is 0 Å². The summed E-state index contributed by atoms with van der Waals surface area (Å²) in [5, 5.41) is 0. The third-order valence-corrected chi connectivity index (χ3v) is 4.54. The summed E-state index contributed by atoms with van der Waals surface area (Å²) in [5.41, 5.74) is 1.19. The zero-order chi connectivity index (χ0) is 14.5. The van der Waals surface area contributed by atoms with Crippen LogP contribution in [0.25, 0.3) is 0 Å². The Morgan fingerprint density at radius 3 is 2.30 bits per heavy atom. The van der Waals surface area contributed by atoms with Crippen LogP contribution in [0.3, 0.4) is 0 Å². The molecule has 0 heterocycles. The lowest BCUT2D eigenvalue weighted by molar-refractivity contribution is -0.108. The van der Waals surface area contributed by atoms with Gasteiger partial charge in [0.05, 0.1) is 0 Å². The molecule has 0 spiro atoms. The molecule has 1 atom stereocenters. The molecule has 1 unspecified atom stereocenters. The van der Waals surface area contributed by atoms with Crippen LogP contribution in [0.4, 0.5) is 4.39 Å². The van der Waals surface area contributed by atoms with E-state index in [0.717, 1.165) is 32.0 Å². The van der Waals surface area contributed by atoms with Crippen LogP contribution in [0.1, 0.15) is 43.7 Å². The number of carbonyl (C=O) groups excluding carboxylic acids is 1. The summed E-state index contributed by atoms with van der Waals surface area (Å²) < 4.78 is 13.1. The van der Waals surface area contributed by atoms with Gasteiger partial charge < -0.3 is 9.69 Å². The van der Waals surface area contributed by atoms with E-state index in [1.807, 2.05) is 12.1 Å². The van der Waals surface area contributed by atoms with Crippen molar-refractivity contribution in [2.24, 2.45) is 11.8 Å². The third-order valence-electron chi connectivity index (χ3n) is 4.54. The lowest BCUT2D eigenvalue weighted by Crippen LogP contribution is -2.30. The van der Waals surface area contributed by atoms with Crippen molar-refractivity contribution in [2.75, 3.05) is 14.1 Å². The van der Waals surface area contributed by atoms with E-state index in [9.17, 15) is 9.18 Å². The highest BCUT2D eigenvalue weighted by Crippen LogP contribution is 2.39. The minimum Gasteiger partial charge on any atom is -0.303 e. The second kappa shape index (κ2) is 6.98. The summed E-state index contributed by atoms with van der Waals surface area (Å²) >= 11 is 0. The maximum atomic E-state index is 13.1. The monoisotopic (exact) mass is 277 g/mol. The number of aldehydes is 1. The largest absolute Gasteiger partial charge is 0.303 e. The molecule has 1 aliphatic carbocycles. The van der Waals surface area contributed by atoms with Crippen LogP contribution in [-0.2, 0) is 4.79 Å². The standard InChI is InChI=1S/C17H24FNO/c1-19(2)17(15-7-9-16(18)10-8-15)14-5-3-13(4-6-14)11-12-20/h7-10,12-14,17H,3-6,11H2,1-2H3. The highest BCUT2D eigenvalue weighted by Gasteiger charge is 2.29. The minimum atomic E-state index is -0.180. The van der Waals surface area contributed by atoms with Crippen molar-refractivity contribution >= 4 is 6.29 Å². The van der Waals surface area contributed by atoms with Gasteiger partial charge in [0.1, 0.15) is 12.1 Å². The lowest BCUT2D eigenvalue weighted by atomic mass is 9.75. The molecule has 0 N–H and O–H groups in total. The molecule has 1 saturated carbocycles. The quantitative estimate of drug-likeness (QED) is 0.762. The molecule has 0 aromatic heterocycles. The highest BCUT2D eigenvalue weighted by molar-refractivity contribution is 5.49. The molecule has 1 aliphatic rings. The number of hydrogen-bond donors (Lipinski definition) is 0. The van der Waals surface area contributed by atoms with Crippen molar-refractivity contribution in [1.29, 1.82) is 0 Å². The number of rotatable bonds is 5. The molecule has 20 heavy (non-hydrogen) atoms. The molecule has 2 nitrogen and oxygen atoms in total. The van der Waals surface area contributed by atoms with Crippen molar-refractivity contribution in [1.82, 2.24) is 4.90 Å². The smallest absolute Gasteiger partial charge is 0.123 e. The highest BCUT2D eigenvalue weighted by atomic mass is 19.1. The molecule has 0 aliphatic heterocycles. The van der Waals surface area contributed by atoms with Crippen LogP contribution in [0, 0.1) is 17.7 Å². The Morgan fingerprint density at radius 2 is 1.80 bits per heavy atom. The summed E-state index contributed by atoms with van der Waals surface area (Å²) in [6.45, 7) is 0. The van der Waals surface area contributed by atoms with E-state index in [1.54, 1.807) is 12.1 Å². The number of carbonyl (C=O) groups is 1. The first-order valence-electron chi connectivity index (χ1n) is 7.47. The first-order valence-corrected chi connectivity index (χ1v) is 7.47. The summed E-state index contributed by atoms with van der Waals surface area (Å²) in [6, 6.07) is 7.23. The summed E-state index contributed by atoms with van der Waals surface area (Å²) in [7, 11) is 4.18. The normalized spacial score (nSPS) is 24.6. The van der Waals surface area contributed by atoms with Gasteiger partial charge in [0, 0.05) is 12.5 Å². The molecular weight excluding hydrogens is 253 g/mol. The SMILES string of the molecule is CN(C)C(c1ccc(F)cc1)C1CCC(CC=O)CC1. The van der Waals surface area contributed by atoms with Crippen LogP contribution in [-0.4, -0.2) is 25.3 Å². The molecule has 3 heteroatoms. The van der Waals surface area contributed by atoms with Crippen molar-refractivity contribution in [3.05, 3.63) is 35.6 Å². The van der Waals surface area contributed by atoms with Crippen LogP contribution < -0.4 is 0 Å². The second-order valence-corrected chi connectivity index (χ2v) is 6.14. The molecule has 0 bridgehead atoms. The fraction of sp³-hybridized carbons (Fsp3) is 0.588. The van der Waals surface area contributed by atoms with Crippen molar-refractivity contribution in [3.8, 4) is 0 Å². The predicted octanol–water partition coefficient (Wildman–Crippen LogP) is 3.82. The van der Waals surface area contributed by atoms with Gasteiger partial charge in [-0.05, 0) is 69.3 Å². The zero-order valence-electron chi connectivity index (χ0n) is 12.4. The first kappa shape index (κ1) is 15.2. The first-order chi connectivity index (χ1) is 9.61. The molecule has 0 radical (unpaired) electrons. The molecule has 1 aromatic carbocycles. The van der Waals surface area contributed by atoms with Gasteiger partial charge >= 0.3 is 0 Å². The van der Waals surface area contributed by atoms with Gasteiger partial charge in [-0.3, -0.25) is 0 Å². The van der Waals surface area contributed by atoms with E-state index >= 15 is 0 Å². The van der Waals surface area contributed by atoms with Crippen LogP contribution in [0.2, 0.25) is 0 Å². The second-order valence-electron chi connectivity index (χ2n) is 6.14. The minimum absolute atomic E-state index is 0.180. The number of halogens is 1. The Labute approximate surface area is 121 Å². The van der Waals surface area contributed by atoms with E-state index in [4.69, 9.17) is 0 Å². The summed E-state index contributed by atoms with van der Waals surface area (Å²) in [6.07, 6.45) is 6.33. The zero-order valence-corrected chi connectivity index (χ0v) is 12.4. The molecule has 110 valence electrons. The maximum absolute atomic E-state index is 13.1. The van der Waals surface area contributed by atoms with Crippen LogP contribution in [0.5, 0.6) is 0 Å². The van der Waals surface area contributed by atoms with E-state index in [1.165, 1.54) is 5.56 Å². The number of nitrogens with zero attached hydrogens (tertiary/aromatic N) is 1. The van der Waals surface area contributed by atoms with Gasteiger partial charge in [-0.1, -0.05) is 12.1 Å². The van der Waals surface area contributed by atoms with Gasteiger partial charge in [0.15, 0.2) is 0 Å². The van der Waals surface area contributed by atoms with E-state index in [2.05, 4.69) is 19.0 Å². The maximum Gasteiger partial charge on any atom is 0.123 e. The average Bonchev–Trinajstić information content (AvgIpc) is 2.43. The van der Waals surface area contributed by atoms with Gasteiger partial charge in [0.25, 0.3) is 0 Å². The van der Waals surface area contributed by atoms with E-state index in [0.29, 0.717) is 24.3 Å². The molecule has 0 saturated heterocycles. The van der Waals surface area contributed by atoms with E-state index < -0.39 is 0 Å². The van der Waals surface area contributed by atoms with Crippen molar-refractivity contribution in [3.63, 3.8) is 0 Å². The fourth-order valence-corrected chi connectivity index (χ4v) is 3.53. The van der Waals surface area contributed by atoms with Gasteiger partial charge in [-0.15, -0.1) is 0 Å². The van der Waals surface area contributed by atoms with Gasteiger partial charge in [0.2, 0.25) is 0 Å². The predicted molar refractivity (Wildman–Crippen MR) is 79.0 cm³/mol. The fourth-order valence-electron chi connectivity index (χ4n) is 3.53. The molecule has 0 amide bonds. The molecule has 1 fully saturated rings. The van der Waals surface area contributed by atoms with Crippen molar-refractivity contribution < 1.29 is 9.18 Å². The topological polar surface area (TPSA) is 20.3 Å². The Kier molecular flexibility index (Phi) is 5.30. The molecular formula is C17H24FNO. The third kappa shape index (κ3) is 3.66. The van der Waals surface area contributed by atoms with Crippen LogP contribution >= 0.6 is 0 Å². The van der Waals surface area contributed by atoms with Crippen molar-refractivity contribution in [2.45, 2.75) is 38.1 Å². The average molecular weight is 277 g/mol. The summed E-state index contributed by atoms with van der Waals surface area (Å²) in [4.78, 5) is 12.8. The Bertz CT molecular complexity index is 421. The van der Waals surface area contributed by atoms with E-state index in [-0.39, 0.29) is 5.82 Å². The van der Waals surface area contributed by atoms with Crippen LogP contribution in [0.15, 0.2) is 24.3 Å². The van der Waals surface area contributed by atoms with Gasteiger partial charge in [-0.25, -0.2) is 4.39 Å². The summed E-state index contributed by atoms with van der Waals surface area (Å²) in [5.74, 6) is 0.985. The molecule has 1 aromatic rings. The lowest BCUT2D eigenvalue weighted by Gasteiger charge is -2.37. The Balaban J connectivity index is 2.06. The Hall–Kier alpha value is -1.22. The number of benzene rings is 1. The molecule has 2 rings (SSSR count).